The molecular weight excluding hydrogens is 262 g/mol. The molecule has 1 saturated heterocycles. The molecule has 1 aliphatic carbocycles. The minimum absolute atomic E-state index is 0.293. The van der Waals surface area contributed by atoms with E-state index in [0.29, 0.717) is 18.4 Å². The summed E-state index contributed by atoms with van der Waals surface area (Å²) in [4.78, 5) is 18.9. The van der Waals surface area contributed by atoms with Gasteiger partial charge in [0.15, 0.2) is 0 Å². The Morgan fingerprint density at radius 1 is 1.29 bits per heavy atom. The Hall–Kier alpha value is -1.42. The Morgan fingerprint density at radius 3 is 2.86 bits per heavy atom. The monoisotopic (exact) mass is 287 g/mol. The molecule has 0 spiro atoms. The highest BCUT2D eigenvalue weighted by Gasteiger charge is 2.28. The summed E-state index contributed by atoms with van der Waals surface area (Å²) < 4.78 is 0. The number of pyridine rings is 1. The first-order valence-corrected chi connectivity index (χ1v) is 8.22. The van der Waals surface area contributed by atoms with Crippen molar-refractivity contribution in [2.24, 2.45) is 5.92 Å². The highest BCUT2D eigenvalue weighted by molar-refractivity contribution is 5.76. The first kappa shape index (κ1) is 14.5. The van der Waals surface area contributed by atoms with E-state index >= 15 is 0 Å². The maximum atomic E-state index is 12.5. The van der Waals surface area contributed by atoms with Crippen LogP contribution in [-0.4, -0.2) is 41.5 Å². The zero-order valence-corrected chi connectivity index (χ0v) is 12.6. The number of nitrogens with zero attached hydrogens (tertiary/aromatic N) is 2. The van der Waals surface area contributed by atoms with E-state index < -0.39 is 0 Å². The van der Waals surface area contributed by atoms with Gasteiger partial charge in [0.25, 0.3) is 0 Å². The third kappa shape index (κ3) is 4.53. The third-order valence-electron chi connectivity index (χ3n) is 4.45. The van der Waals surface area contributed by atoms with Crippen LogP contribution in [-0.2, 0) is 11.2 Å². The van der Waals surface area contributed by atoms with Crippen molar-refractivity contribution in [2.75, 3.05) is 19.6 Å². The van der Waals surface area contributed by atoms with Crippen LogP contribution in [0.15, 0.2) is 24.4 Å². The van der Waals surface area contributed by atoms with Crippen LogP contribution in [0.5, 0.6) is 0 Å². The molecule has 1 aromatic rings. The van der Waals surface area contributed by atoms with Crippen molar-refractivity contribution in [3.63, 3.8) is 0 Å². The van der Waals surface area contributed by atoms with Crippen LogP contribution >= 0.6 is 0 Å². The van der Waals surface area contributed by atoms with E-state index in [9.17, 15) is 4.79 Å². The van der Waals surface area contributed by atoms with Crippen molar-refractivity contribution in [3.05, 3.63) is 30.1 Å². The molecule has 2 aliphatic rings. The predicted molar refractivity (Wildman–Crippen MR) is 82.9 cm³/mol. The summed E-state index contributed by atoms with van der Waals surface area (Å²) in [5, 5.41) is 3.50. The van der Waals surface area contributed by atoms with Gasteiger partial charge in [-0.05, 0) is 56.7 Å². The van der Waals surface area contributed by atoms with Crippen molar-refractivity contribution < 1.29 is 4.79 Å². The maximum Gasteiger partial charge on any atom is 0.223 e. The molecule has 114 valence electrons. The SMILES string of the molecule is O=C(CCc1ccccn1)N(CC1CC1)CC1CCCN1. The minimum atomic E-state index is 0.293. The van der Waals surface area contributed by atoms with Gasteiger partial charge in [0.1, 0.15) is 0 Å². The zero-order chi connectivity index (χ0) is 14.5. The smallest absolute Gasteiger partial charge is 0.223 e. The van der Waals surface area contributed by atoms with Crippen LogP contribution in [0, 0.1) is 5.92 Å². The molecule has 1 unspecified atom stereocenters. The van der Waals surface area contributed by atoms with E-state index in [-0.39, 0.29) is 0 Å². The molecule has 3 rings (SSSR count). The molecule has 1 saturated carbocycles. The van der Waals surface area contributed by atoms with Crippen LogP contribution < -0.4 is 5.32 Å². The highest BCUT2D eigenvalue weighted by Crippen LogP contribution is 2.30. The number of aryl methyl sites for hydroxylation is 1. The molecule has 1 N–H and O–H groups in total. The molecule has 4 heteroatoms. The van der Waals surface area contributed by atoms with Crippen LogP contribution in [0.3, 0.4) is 0 Å². The number of hydrogen-bond donors (Lipinski definition) is 1. The predicted octanol–water partition coefficient (Wildman–Crippen LogP) is 2.00. The first-order chi connectivity index (χ1) is 10.3. The molecule has 2 heterocycles. The average molecular weight is 287 g/mol. The van der Waals surface area contributed by atoms with E-state index in [1.807, 2.05) is 18.2 Å². The van der Waals surface area contributed by atoms with Crippen molar-refractivity contribution >= 4 is 5.91 Å². The van der Waals surface area contributed by atoms with Crippen LogP contribution in [0.2, 0.25) is 0 Å². The molecule has 1 atom stereocenters. The summed E-state index contributed by atoms with van der Waals surface area (Å²) in [7, 11) is 0. The van der Waals surface area contributed by atoms with Gasteiger partial charge >= 0.3 is 0 Å². The Labute approximate surface area is 126 Å². The molecule has 1 aromatic heterocycles. The normalized spacial score (nSPS) is 21.4. The van der Waals surface area contributed by atoms with Crippen molar-refractivity contribution in [1.29, 1.82) is 0 Å². The minimum Gasteiger partial charge on any atom is -0.341 e. The summed E-state index contributed by atoms with van der Waals surface area (Å²) in [6.45, 7) is 2.95. The molecule has 0 bridgehead atoms. The van der Waals surface area contributed by atoms with Gasteiger partial charge in [0, 0.05) is 37.4 Å². The lowest BCUT2D eigenvalue weighted by molar-refractivity contribution is -0.131. The quantitative estimate of drug-likeness (QED) is 0.834. The lowest BCUT2D eigenvalue weighted by Crippen LogP contribution is -2.42. The third-order valence-corrected chi connectivity index (χ3v) is 4.45. The largest absolute Gasteiger partial charge is 0.341 e. The van der Waals surface area contributed by atoms with Gasteiger partial charge in [0.2, 0.25) is 5.91 Å². The number of nitrogens with one attached hydrogen (secondary N) is 1. The number of hydrogen-bond acceptors (Lipinski definition) is 3. The second-order valence-electron chi connectivity index (χ2n) is 6.36. The maximum absolute atomic E-state index is 12.5. The van der Waals surface area contributed by atoms with Gasteiger partial charge in [-0.2, -0.15) is 0 Å². The molecule has 1 aliphatic heterocycles. The van der Waals surface area contributed by atoms with E-state index in [2.05, 4.69) is 15.2 Å². The van der Waals surface area contributed by atoms with Gasteiger partial charge in [-0.1, -0.05) is 6.07 Å². The summed E-state index contributed by atoms with van der Waals surface area (Å²) in [5.74, 6) is 1.05. The fourth-order valence-electron chi connectivity index (χ4n) is 3.01. The van der Waals surface area contributed by atoms with E-state index in [1.54, 1.807) is 6.20 Å². The number of carbonyl (C=O) groups excluding carboxylic acids is 1. The Morgan fingerprint density at radius 2 is 2.19 bits per heavy atom. The topological polar surface area (TPSA) is 45.2 Å². The lowest BCUT2D eigenvalue weighted by atomic mass is 10.1. The van der Waals surface area contributed by atoms with Gasteiger partial charge in [-0.25, -0.2) is 0 Å². The van der Waals surface area contributed by atoms with Crippen LogP contribution in [0.25, 0.3) is 0 Å². The molecule has 1 amide bonds. The lowest BCUT2D eigenvalue weighted by Gasteiger charge is -2.26. The number of carbonyl (C=O) groups is 1. The summed E-state index contributed by atoms with van der Waals surface area (Å²) in [5.41, 5.74) is 1.01. The molecule has 21 heavy (non-hydrogen) atoms. The molecule has 0 aromatic carbocycles. The Bertz CT molecular complexity index is 452. The van der Waals surface area contributed by atoms with Crippen molar-refractivity contribution in [2.45, 2.75) is 44.6 Å². The fourth-order valence-corrected chi connectivity index (χ4v) is 3.01. The molecular formula is C17H25N3O. The number of rotatable bonds is 7. The van der Waals surface area contributed by atoms with Gasteiger partial charge in [0.05, 0.1) is 0 Å². The van der Waals surface area contributed by atoms with Crippen molar-refractivity contribution in [3.8, 4) is 0 Å². The van der Waals surface area contributed by atoms with E-state index in [4.69, 9.17) is 0 Å². The molecule has 0 radical (unpaired) electrons. The molecule has 2 fully saturated rings. The Balaban J connectivity index is 1.52. The highest BCUT2D eigenvalue weighted by atomic mass is 16.2. The standard InChI is InChI=1S/C17H25N3O/c21-17(9-8-15-4-1-2-10-18-15)20(12-14-6-7-14)13-16-5-3-11-19-16/h1-2,4,10,14,16,19H,3,5-9,11-13H2. The number of amides is 1. The van der Waals surface area contributed by atoms with Crippen molar-refractivity contribution in [1.82, 2.24) is 15.2 Å². The Kier molecular flexibility index (Phi) is 4.86. The zero-order valence-electron chi connectivity index (χ0n) is 12.6. The number of aromatic nitrogens is 1. The average Bonchev–Trinajstić information content (AvgIpc) is 3.18. The fraction of sp³-hybridized carbons (Fsp3) is 0.647. The summed E-state index contributed by atoms with van der Waals surface area (Å²) in [6.07, 6.45) is 8.16. The van der Waals surface area contributed by atoms with Gasteiger partial charge in [-0.3, -0.25) is 9.78 Å². The first-order valence-electron chi connectivity index (χ1n) is 8.22. The van der Waals surface area contributed by atoms with Crippen LogP contribution in [0.4, 0.5) is 0 Å². The van der Waals surface area contributed by atoms with E-state index in [1.165, 1.54) is 25.7 Å². The van der Waals surface area contributed by atoms with Crippen LogP contribution in [0.1, 0.15) is 37.8 Å². The second kappa shape index (κ2) is 7.03. The van der Waals surface area contributed by atoms with E-state index in [0.717, 1.165) is 37.7 Å². The van der Waals surface area contributed by atoms with Gasteiger partial charge in [-0.15, -0.1) is 0 Å². The summed E-state index contributed by atoms with van der Waals surface area (Å²) in [6, 6.07) is 6.40. The second-order valence-corrected chi connectivity index (χ2v) is 6.36. The molecule has 4 nitrogen and oxygen atoms in total. The summed E-state index contributed by atoms with van der Waals surface area (Å²) >= 11 is 0. The van der Waals surface area contributed by atoms with Gasteiger partial charge < -0.3 is 10.2 Å².